The number of hydrogen-bond acceptors (Lipinski definition) is 7. The Morgan fingerprint density at radius 3 is 2.48 bits per heavy atom. The molecule has 2 rings (SSSR count). The number of benzene rings is 1. The van der Waals surface area contributed by atoms with Crippen LogP contribution in [0.1, 0.15) is 45.2 Å². The van der Waals surface area contributed by atoms with Crippen LogP contribution in [0.3, 0.4) is 0 Å². The quantitative estimate of drug-likeness (QED) is 0.366. The van der Waals surface area contributed by atoms with Crippen LogP contribution in [0.4, 0.5) is 10.5 Å². The maximum absolute atomic E-state index is 12.7. The molecule has 0 radical (unpaired) electrons. The van der Waals surface area contributed by atoms with E-state index < -0.39 is 23.0 Å². The van der Waals surface area contributed by atoms with Crippen molar-refractivity contribution in [3.05, 3.63) is 39.1 Å². The van der Waals surface area contributed by atoms with Crippen molar-refractivity contribution in [2.75, 3.05) is 20.3 Å². The van der Waals surface area contributed by atoms with E-state index in [0.29, 0.717) is 25.1 Å². The summed E-state index contributed by atoms with van der Waals surface area (Å²) in [5, 5.41) is 17.0. The second-order valence-electron chi connectivity index (χ2n) is 6.15. The largest absolute Gasteiger partial charge is 0.493 e. The summed E-state index contributed by atoms with van der Waals surface area (Å²) >= 11 is 0. The average Bonchev–Trinajstić information content (AvgIpc) is 2.67. The van der Waals surface area contributed by atoms with Gasteiger partial charge in [-0.2, -0.15) is 0 Å². The molecule has 0 aromatic heterocycles. The Bertz CT molecular complexity index is 835. The highest BCUT2D eigenvalue weighted by atomic mass is 16.6. The van der Waals surface area contributed by atoms with E-state index in [0.717, 1.165) is 0 Å². The Morgan fingerprint density at radius 2 is 1.93 bits per heavy atom. The van der Waals surface area contributed by atoms with Crippen molar-refractivity contribution >= 4 is 17.7 Å². The summed E-state index contributed by atoms with van der Waals surface area (Å²) in [4.78, 5) is 36.1. The SMILES string of the molecule is CCCC1=C(C(=O)OCC)C(c2cc(OCC)c(OC)cc2[N+](=O)[O-])NC(=O)N1. The molecule has 0 aliphatic carbocycles. The van der Waals surface area contributed by atoms with E-state index in [1.807, 2.05) is 6.92 Å². The molecule has 10 nitrogen and oxygen atoms in total. The molecule has 0 saturated heterocycles. The monoisotopic (exact) mass is 407 g/mol. The van der Waals surface area contributed by atoms with Crippen LogP contribution < -0.4 is 20.1 Å². The number of esters is 1. The third-order valence-corrected chi connectivity index (χ3v) is 4.27. The molecule has 158 valence electrons. The van der Waals surface area contributed by atoms with Gasteiger partial charge in [0.25, 0.3) is 5.69 Å². The standard InChI is InChI=1S/C19H25N3O7/c1-5-8-12-16(18(23)29-7-3)17(21-19(24)20-12)11-9-15(28-6-2)14(27-4)10-13(11)22(25)26/h9-10,17H,5-8H2,1-4H3,(H2,20,21,24). The number of rotatable bonds is 9. The number of nitro benzene ring substituents is 1. The third-order valence-electron chi connectivity index (χ3n) is 4.27. The number of urea groups is 1. The lowest BCUT2D eigenvalue weighted by Gasteiger charge is -2.29. The predicted molar refractivity (Wildman–Crippen MR) is 104 cm³/mol. The smallest absolute Gasteiger partial charge is 0.338 e. The first-order valence-corrected chi connectivity index (χ1v) is 9.34. The van der Waals surface area contributed by atoms with Crippen LogP contribution in [0.5, 0.6) is 11.5 Å². The van der Waals surface area contributed by atoms with E-state index in [9.17, 15) is 19.7 Å². The van der Waals surface area contributed by atoms with Gasteiger partial charge < -0.3 is 24.8 Å². The summed E-state index contributed by atoms with van der Waals surface area (Å²) in [5.41, 5.74) is 0.299. The summed E-state index contributed by atoms with van der Waals surface area (Å²) in [6, 6.07) is 1.00. The normalized spacial score (nSPS) is 16.0. The molecule has 1 unspecified atom stereocenters. The Labute approximate surface area is 168 Å². The molecular weight excluding hydrogens is 382 g/mol. The highest BCUT2D eigenvalue weighted by molar-refractivity contribution is 5.95. The van der Waals surface area contributed by atoms with E-state index in [2.05, 4.69) is 10.6 Å². The van der Waals surface area contributed by atoms with Crippen molar-refractivity contribution < 1.29 is 28.7 Å². The molecule has 0 saturated carbocycles. The summed E-state index contributed by atoms with van der Waals surface area (Å²) in [7, 11) is 1.37. The van der Waals surface area contributed by atoms with Gasteiger partial charge in [0.15, 0.2) is 11.5 Å². The van der Waals surface area contributed by atoms with Gasteiger partial charge in [-0.25, -0.2) is 9.59 Å². The molecule has 2 N–H and O–H groups in total. The number of ether oxygens (including phenoxy) is 3. The molecule has 0 bridgehead atoms. The van der Waals surface area contributed by atoms with Crippen molar-refractivity contribution in [2.24, 2.45) is 0 Å². The van der Waals surface area contributed by atoms with Gasteiger partial charge in [0.2, 0.25) is 0 Å². The maximum atomic E-state index is 12.7. The van der Waals surface area contributed by atoms with Crippen LogP contribution in [-0.2, 0) is 9.53 Å². The van der Waals surface area contributed by atoms with Gasteiger partial charge in [-0.15, -0.1) is 0 Å². The maximum Gasteiger partial charge on any atom is 0.338 e. The Hall–Kier alpha value is -3.30. The molecule has 0 fully saturated rings. The zero-order valence-corrected chi connectivity index (χ0v) is 16.9. The van der Waals surface area contributed by atoms with Crippen LogP contribution in [0.2, 0.25) is 0 Å². The number of hydrogen-bond donors (Lipinski definition) is 2. The van der Waals surface area contributed by atoms with E-state index in [-0.39, 0.29) is 34.9 Å². The molecule has 2 amide bonds. The highest BCUT2D eigenvalue weighted by Gasteiger charge is 2.37. The topological polar surface area (TPSA) is 129 Å². The summed E-state index contributed by atoms with van der Waals surface area (Å²) in [6.07, 6.45) is 1.06. The molecule has 10 heteroatoms. The zero-order valence-electron chi connectivity index (χ0n) is 16.9. The fraction of sp³-hybridized carbons (Fsp3) is 0.474. The van der Waals surface area contributed by atoms with Gasteiger partial charge in [-0.1, -0.05) is 13.3 Å². The molecule has 29 heavy (non-hydrogen) atoms. The first-order chi connectivity index (χ1) is 13.9. The van der Waals surface area contributed by atoms with Crippen LogP contribution >= 0.6 is 0 Å². The number of nitro groups is 1. The Kier molecular flexibility index (Phi) is 7.40. The van der Waals surface area contributed by atoms with Crippen molar-refractivity contribution in [1.82, 2.24) is 10.6 Å². The van der Waals surface area contributed by atoms with Gasteiger partial charge >= 0.3 is 12.0 Å². The number of carbonyl (C=O) groups is 2. The number of nitrogens with zero attached hydrogens (tertiary/aromatic N) is 1. The minimum absolute atomic E-state index is 0.103. The van der Waals surface area contributed by atoms with Crippen molar-refractivity contribution in [1.29, 1.82) is 0 Å². The van der Waals surface area contributed by atoms with E-state index in [4.69, 9.17) is 14.2 Å². The molecule has 1 atom stereocenters. The fourth-order valence-corrected chi connectivity index (χ4v) is 3.13. The van der Waals surface area contributed by atoms with Crippen LogP contribution in [0, 0.1) is 10.1 Å². The minimum Gasteiger partial charge on any atom is -0.493 e. The number of amides is 2. The first-order valence-electron chi connectivity index (χ1n) is 9.34. The van der Waals surface area contributed by atoms with Gasteiger partial charge in [0.1, 0.15) is 0 Å². The minimum atomic E-state index is -1.07. The summed E-state index contributed by atoms with van der Waals surface area (Å²) in [5.74, 6) is -0.210. The predicted octanol–water partition coefficient (Wildman–Crippen LogP) is 2.97. The molecule has 1 aliphatic rings. The Balaban J connectivity index is 2.74. The lowest BCUT2D eigenvalue weighted by atomic mass is 9.92. The number of methoxy groups -OCH3 is 1. The average molecular weight is 407 g/mol. The van der Waals surface area contributed by atoms with Crippen LogP contribution in [-0.4, -0.2) is 37.2 Å². The lowest BCUT2D eigenvalue weighted by molar-refractivity contribution is -0.385. The third kappa shape index (κ3) is 4.76. The second-order valence-corrected chi connectivity index (χ2v) is 6.15. The Morgan fingerprint density at radius 1 is 1.21 bits per heavy atom. The molecular formula is C19H25N3O7. The van der Waals surface area contributed by atoms with Crippen molar-refractivity contribution in [2.45, 2.75) is 39.7 Å². The summed E-state index contributed by atoms with van der Waals surface area (Å²) in [6.45, 7) is 5.73. The molecule has 1 aromatic rings. The highest BCUT2D eigenvalue weighted by Crippen LogP contribution is 2.41. The lowest BCUT2D eigenvalue weighted by Crippen LogP contribution is -2.46. The second kappa shape index (κ2) is 9.76. The van der Waals surface area contributed by atoms with Crippen molar-refractivity contribution in [3.63, 3.8) is 0 Å². The molecule has 1 aromatic carbocycles. The van der Waals surface area contributed by atoms with Gasteiger partial charge in [-0.05, 0) is 26.3 Å². The van der Waals surface area contributed by atoms with E-state index >= 15 is 0 Å². The fourth-order valence-electron chi connectivity index (χ4n) is 3.13. The molecule has 0 spiro atoms. The number of allylic oxidation sites excluding steroid dienone is 1. The van der Waals surface area contributed by atoms with Crippen LogP contribution in [0.25, 0.3) is 0 Å². The van der Waals surface area contributed by atoms with Crippen molar-refractivity contribution in [3.8, 4) is 11.5 Å². The first kappa shape index (κ1) is 22.0. The zero-order chi connectivity index (χ0) is 21.6. The van der Waals surface area contributed by atoms with Gasteiger partial charge in [0, 0.05) is 5.70 Å². The van der Waals surface area contributed by atoms with E-state index in [1.54, 1.807) is 13.8 Å². The van der Waals surface area contributed by atoms with Gasteiger partial charge in [0.05, 0.1) is 48.5 Å². The molecule has 1 aliphatic heterocycles. The number of nitrogens with one attached hydrogen (secondary N) is 2. The number of carbonyl (C=O) groups excluding carboxylic acids is 2. The van der Waals surface area contributed by atoms with Crippen LogP contribution in [0.15, 0.2) is 23.4 Å². The summed E-state index contributed by atoms with van der Waals surface area (Å²) < 4.78 is 15.9. The van der Waals surface area contributed by atoms with Gasteiger partial charge in [-0.3, -0.25) is 10.1 Å². The molecule has 1 heterocycles. The van der Waals surface area contributed by atoms with E-state index in [1.165, 1.54) is 19.2 Å².